The topological polar surface area (TPSA) is 84.9 Å². The summed E-state index contributed by atoms with van der Waals surface area (Å²) < 4.78 is 24.4. The first kappa shape index (κ1) is 20.1. The molecule has 3 rings (SSSR count). The number of ether oxygens (including phenoxy) is 2. The number of imide groups is 2. The minimum Gasteiger partial charge on any atom is -0.490 e. The molecular formula is C21H19FN2O5. The molecule has 2 aromatic carbocycles. The van der Waals surface area contributed by atoms with Gasteiger partial charge in [-0.2, -0.15) is 0 Å². The normalized spacial score (nSPS) is 15.5. The Morgan fingerprint density at radius 3 is 2.45 bits per heavy atom. The molecular weight excluding hydrogens is 379 g/mol. The van der Waals surface area contributed by atoms with Gasteiger partial charge in [-0.3, -0.25) is 19.8 Å². The summed E-state index contributed by atoms with van der Waals surface area (Å²) >= 11 is 0. The zero-order valence-corrected chi connectivity index (χ0v) is 15.9. The number of halogens is 1. The average Bonchev–Trinajstić information content (AvgIpc) is 2.70. The zero-order chi connectivity index (χ0) is 21.0. The van der Waals surface area contributed by atoms with E-state index in [9.17, 15) is 18.8 Å². The number of amides is 4. The molecule has 1 aliphatic rings. The second-order valence-corrected chi connectivity index (χ2v) is 6.24. The van der Waals surface area contributed by atoms with Crippen molar-refractivity contribution >= 4 is 23.9 Å². The number of barbiturate groups is 1. The van der Waals surface area contributed by atoms with E-state index in [0.717, 1.165) is 10.5 Å². The minimum atomic E-state index is -0.767. The molecule has 1 heterocycles. The van der Waals surface area contributed by atoms with Crippen molar-refractivity contribution in [1.29, 1.82) is 0 Å². The number of hydrogen-bond donors (Lipinski definition) is 1. The summed E-state index contributed by atoms with van der Waals surface area (Å²) in [5.74, 6) is -0.877. The van der Waals surface area contributed by atoms with Crippen LogP contribution < -0.4 is 14.8 Å². The smallest absolute Gasteiger partial charge is 0.331 e. The maximum atomic E-state index is 13.0. The van der Waals surface area contributed by atoms with Crippen LogP contribution in [0.3, 0.4) is 0 Å². The summed E-state index contributed by atoms with van der Waals surface area (Å²) in [6, 6.07) is 10.1. The van der Waals surface area contributed by atoms with Crippen LogP contribution in [0.5, 0.6) is 11.5 Å². The van der Waals surface area contributed by atoms with Crippen molar-refractivity contribution in [3.63, 3.8) is 0 Å². The molecule has 8 heteroatoms. The first-order valence-corrected chi connectivity index (χ1v) is 8.88. The third kappa shape index (κ3) is 4.60. The Bertz CT molecular complexity index is 985. The Morgan fingerprint density at radius 1 is 1.03 bits per heavy atom. The quantitative estimate of drug-likeness (QED) is 0.597. The van der Waals surface area contributed by atoms with E-state index in [0.29, 0.717) is 23.7 Å². The molecule has 1 aliphatic heterocycles. The third-order valence-corrected chi connectivity index (χ3v) is 4.19. The van der Waals surface area contributed by atoms with Crippen LogP contribution in [0.15, 0.2) is 48.0 Å². The van der Waals surface area contributed by atoms with Gasteiger partial charge in [-0.25, -0.2) is 9.18 Å². The highest BCUT2D eigenvalue weighted by Crippen LogP contribution is 2.30. The van der Waals surface area contributed by atoms with Crippen LogP contribution in [0, 0.1) is 5.82 Å². The SMILES string of the molecule is CCOc1cc(C=C2C(=O)NC(=O)N(C)C2=O)ccc1OCc1ccc(F)cc1. The molecule has 0 aliphatic carbocycles. The first-order chi connectivity index (χ1) is 13.9. The van der Waals surface area contributed by atoms with Gasteiger partial charge in [-0.05, 0) is 48.4 Å². The summed E-state index contributed by atoms with van der Waals surface area (Å²) in [6.07, 6.45) is 1.38. The molecule has 2 aromatic rings. The van der Waals surface area contributed by atoms with E-state index >= 15 is 0 Å². The number of nitrogens with zero attached hydrogens (tertiary/aromatic N) is 1. The number of benzene rings is 2. The molecule has 4 amide bonds. The van der Waals surface area contributed by atoms with E-state index in [1.807, 2.05) is 6.92 Å². The third-order valence-electron chi connectivity index (χ3n) is 4.19. The Kier molecular flexibility index (Phi) is 5.92. The molecule has 1 N–H and O–H groups in total. The molecule has 150 valence electrons. The molecule has 0 aromatic heterocycles. The second kappa shape index (κ2) is 8.55. The van der Waals surface area contributed by atoms with Gasteiger partial charge in [0.05, 0.1) is 6.61 Å². The lowest BCUT2D eigenvalue weighted by molar-refractivity contribution is -0.129. The summed E-state index contributed by atoms with van der Waals surface area (Å²) in [4.78, 5) is 36.5. The number of urea groups is 1. The van der Waals surface area contributed by atoms with Crippen LogP contribution in [0.2, 0.25) is 0 Å². The maximum Gasteiger partial charge on any atom is 0.331 e. The highest BCUT2D eigenvalue weighted by Gasteiger charge is 2.33. The van der Waals surface area contributed by atoms with Gasteiger partial charge in [0.2, 0.25) is 0 Å². The number of rotatable bonds is 6. The highest BCUT2D eigenvalue weighted by molar-refractivity contribution is 6.30. The summed E-state index contributed by atoms with van der Waals surface area (Å²) in [7, 11) is 1.29. The van der Waals surface area contributed by atoms with Crippen LogP contribution in [0.25, 0.3) is 6.08 Å². The van der Waals surface area contributed by atoms with Crippen molar-refractivity contribution in [2.75, 3.05) is 13.7 Å². The Hall–Kier alpha value is -3.68. The number of carbonyl (C=O) groups excluding carboxylic acids is 3. The average molecular weight is 398 g/mol. The molecule has 0 unspecified atom stereocenters. The fourth-order valence-electron chi connectivity index (χ4n) is 2.66. The molecule has 0 spiro atoms. The van der Waals surface area contributed by atoms with Crippen LogP contribution in [-0.4, -0.2) is 36.4 Å². The molecule has 1 fully saturated rings. The zero-order valence-electron chi connectivity index (χ0n) is 15.9. The van der Waals surface area contributed by atoms with Gasteiger partial charge in [0.15, 0.2) is 11.5 Å². The van der Waals surface area contributed by atoms with Crippen LogP contribution in [-0.2, 0) is 16.2 Å². The molecule has 0 saturated carbocycles. The lowest BCUT2D eigenvalue weighted by Crippen LogP contribution is -2.52. The van der Waals surface area contributed by atoms with E-state index in [2.05, 4.69) is 5.32 Å². The largest absolute Gasteiger partial charge is 0.490 e. The van der Waals surface area contributed by atoms with Gasteiger partial charge in [0.25, 0.3) is 11.8 Å². The molecule has 7 nitrogen and oxygen atoms in total. The van der Waals surface area contributed by atoms with Crippen molar-refractivity contribution in [3.05, 3.63) is 65.0 Å². The van der Waals surface area contributed by atoms with Crippen molar-refractivity contribution < 1.29 is 28.2 Å². The van der Waals surface area contributed by atoms with E-state index in [1.165, 1.54) is 25.3 Å². The summed E-state index contributed by atoms with van der Waals surface area (Å²) in [5.41, 5.74) is 1.16. The molecule has 0 atom stereocenters. The van der Waals surface area contributed by atoms with Crippen molar-refractivity contribution in [2.45, 2.75) is 13.5 Å². The van der Waals surface area contributed by atoms with Crippen LogP contribution in [0.4, 0.5) is 9.18 Å². The van der Waals surface area contributed by atoms with Gasteiger partial charge in [-0.15, -0.1) is 0 Å². The molecule has 0 radical (unpaired) electrons. The predicted molar refractivity (Wildman–Crippen MR) is 103 cm³/mol. The monoisotopic (exact) mass is 398 g/mol. The highest BCUT2D eigenvalue weighted by atomic mass is 19.1. The Balaban J connectivity index is 1.83. The molecule has 0 bridgehead atoms. The molecule has 1 saturated heterocycles. The van der Waals surface area contributed by atoms with Crippen molar-refractivity contribution in [2.24, 2.45) is 0 Å². The number of carbonyl (C=O) groups is 3. The van der Waals surface area contributed by atoms with E-state index in [-0.39, 0.29) is 18.0 Å². The fraction of sp³-hybridized carbons (Fsp3) is 0.190. The van der Waals surface area contributed by atoms with Gasteiger partial charge in [0, 0.05) is 7.05 Å². The Labute approximate surface area is 166 Å². The number of hydrogen-bond acceptors (Lipinski definition) is 5. The van der Waals surface area contributed by atoms with Crippen LogP contribution >= 0.6 is 0 Å². The van der Waals surface area contributed by atoms with Gasteiger partial charge in [0.1, 0.15) is 18.0 Å². The fourth-order valence-corrected chi connectivity index (χ4v) is 2.66. The standard InChI is InChI=1S/C21H19FN2O5/c1-3-28-18-11-14(10-16-19(25)23-21(27)24(2)20(16)26)6-9-17(18)29-12-13-4-7-15(22)8-5-13/h4-11H,3,12H2,1-2H3,(H,23,25,27). The lowest BCUT2D eigenvalue weighted by atomic mass is 10.1. The van der Waals surface area contributed by atoms with Crippen molar-refractivity contribution in [3.8, 4) is 11.5 Å². The Morgan fingerprint density at radius 2 is 1.76 bits per heavy atom. The second-order valence-electron chi connectivity index (χ2n) is 6.24. The summed E-state index contributed by atoms with van der Waals surface area (Å²) in [6.45, 7) is 2.41. The predicted octanol–water partition coefficient (Wildman–Crippen LogP) is 2.90. The summed E-state index contributed by atoms with van der Waals surface area (Å²) in [5, 5.41) is 2.10. The minimum absolute atomic E-state index is 0.158. The van der Waals surface area contributed by atoms with Crippen molar-refractivity contribution in [1.82, 2.24) is 10.2 Å². The number of likely N-dealkylation sites (N-methyl/N-ethyl adjacent to an activating group) is 1. The van der Waals surface area contributed by atoms with Gasteiger partial charge in [-0.1, -0.05) is 18.2 Å². The number of nitrogens with one attached hydrogen (secondary N) is 1. The van der Waals surface area contributed by atoms with Gasteiger partial charge < -0.3 is 9.47 Å². The van der Waals surface area contributed by atoms with E-state index < -0.39 is 17.8 Å². The lowest BCUT2D eigenvalue weighted by Gasteiger charge is -2.22. The van der Waals surface area contributed by atoms with E-state index in [1.54, 1.807) is 30.3 Å². The first-order valence-electron chi connectivity index (χ1n) is 8.88. The maximum absolute atomic E-state index is 13.0. The van der Waals surface area contributed by atoms with E-state index in [4.69, 9.17) is 9.47 Å². The van der Waals surface area contributed by atoms with Gasteiger partial charge >= 0.3 is 6.03 Å². The molecule has 29 heavy (non-hydrogen) atoms. The van der Waals surface area contributed by atoms with Crippen LogP contribution in [0.1, 0.15) is 18.1 Å².